The normalized spacial score (nSPS) is 17.5. The smallest absolute Gasteiger partial charge is 0.328 e. The molecule has 18 nitrogen and oxygen atoms in total. The summed E-state index contributed by atoms with van der Waals surface area (Å²) < 4.78 is 27.8. The largest absolute Gasteiger partial charge is 0.467 e. The summed E-state index contributed by atoms with van der Waals surface area (Å²) in [6.07, 6.45) is 0.674. The summed E-state index contributed by atoms with van der Waals surface area (Å²) >= 11 is 0. The quantitative estimate of drug-likeness (QED) is 0.0361. The van der Waals surface area contributed by atoms with E-state index in [1.54, 1.807) is 30.8 Å². The molecule has 1 aliphatic heterocycles. The zero-order valence-electron chi connectivity index (χ0n) is 40.9. The summed E-state index contributed by atoms with van der Waals surface area (Å²) in [6, 6.07) is 6.63. The van der Waals surface area contributed by atoms with Crippen LogP contribution in [0.4, 0.5) is 0 Å². The van der Waals surface area contributed by atoms with Gasteiger partial charge in [-0.1, -0.05) is 90.3 Å². The van der Waals surface area contributed by atoms with Crippen LogP contribution >= 0.6 is 0 Å². The van der Waals surface area contributed by atoms with E-state index in [2.05, 4.69) is 15.3 Å². The Bertz CT molecular complexity index is 1710. The minimum absolute atomic E-state index is 0.0460. The van der Waals surface area contributed by atoms with Crippen LogP contribution in [0.2, 0.25) is 0 Å². The number of hydrogen-bond donors (Lipinski definition) is 1. The van der Waals surface area contributed by atoms with Crippen molar-refractivity contribution in [1.82, 2.24) is 20.0 Å². The van der Waals surface area contributed by atoms with Gasteiger partial charge < -0.3 is 43.7 Å². The Balaban J connectivity index is 2.23. The number of likely N-dealkylation sites (tertiary alicyclic amines) is 1. The van der Waals surface area contributed by atoms with Gasteiger partial charge in [-0.3, -0.25) is 24.0 Å². The van der Waals surface area contributed by atoms with Crippen molar-refractivity contribution in [2.75, 3.05) is 74.9 Å². The van der Waals surface area contributed by atoms with Crippen molar-refractivity contribution < 1.29 is 52.5 Å². The number of rotatable bonds is 30. The maximum absolute atomic E-state index is 14.6. The fourth-order valence-electron chi connectivity index (χ4n) is 8.82. The Labute approximate surface area is 386 Å². The van der Waals surface area contributed by atoms with Crippen LogP contribution in [0.1, 0.15) is 86.1 Å². The summed E-state index contributed by atoms with van der Waals surface area (Å²) in [4.78, 5) is 90.1. The van der Waals surface area contributed by atoms with Crippen LogP contribution < -0.4 is 5.32 Å². The molecule has 1 fully saturated rings. The predicted octanol–water partition coefficient (Wildman–Crippen LogP) is 4.87. The van der Waals surface area contributed by atoms with Crippen molar-refractivity contribution in [3.05, 3.63) is 46.3 Å². The molecule has 1 heterocycles. The molecule has 0 aliphatic carbocycles. The molecule has 4 amide bonds. The molecule has 0 radical (unpaired) electrons. The van der Waals surface area contributed by atoms with Crippen LogP contribution in [0.5, 0.6) is 0 Å². The van der Waals surface area contributed by atoms with Crippen molar-refractivity contribution >= 4 is 35.4 Å². The zero-order valence-corrected chi connectivity index (χ0v) is 40.9. The lowest BCUT2D eigenvalue weighted by atomic mass is 9.83. The first-order chi connectivity index (χ1) is 30.9. The van der Waals surface area contributed by atoms with E-state index in [9.17, 15) is 28.8 Å². The van der Waals surface area contributed by atoms with Crippen molar-refractivity contribution in [3.8, 4) is 0 Å². The second-order valence-electron chi connectivity index (χ2n) is 17.7. The topological polar surface area (TPSA) is 219 Å². The average Bonchev–Trinajstić information content (AvgIpc) is 3.77. The number of hydrogen-bond acceptors (Lipinski definition) is 12. The van der Waals surface area contributed by atoms with Gasteiger partial charge in [0.15, 0.2) is 5.78 Å². The van der Waals surface area contributed by atoms with E-state index >= 15 is 0 Å². The second kappa shape index (κ2) is 29.1. The minimum atomic E-state index is -0.919. The molecule has 9 atom stereocenters. The van der Waals surface area contributed by atoms with E-state index in [0.29, 0.717) is 25.8 Å². The van der Waals surface area contributed by atoms with E-state index < -0.39 is 60.1 Å². The summed E-state index contributed by atoms with van der Waals surface area (Å²) in [5, 5.41) is 6.25. The third-order valence-corrected chi connectivity index (χ3v) is 12.7. The van der Waals surface area contributed by atoms with Gasteiger partial charge in [-0.25, -0.2) is 4.79 Å². The van der Waals surface area contributed by atoms with E-state index in [0.717, 1.165) is 5.56 Å². The van der Waals surface area contributed by atoms with E-state index in [1.165, 1.54) is 26.2 Å². The molecule has 1 saturated heterocycles. The Kier molecular flexibility index (Phi) is 25.3. The molecule has 18 heteroatoms. The van der Waals surface area contributed by atoms with E-state index in [-0.39, 0.29) is 93.5 Å². The van der Waals surface area contributed by atoms with Gasteiger partial charge in [0.1, 0.15) is 12.6 Å². The summed E-state index contributed by atoms with van der Waals surface area (Å²) in [5.41, 5.74) is 9.22. The average molecular weight is 916 g/mol. The van der Waals surface area contributed by atoms with Crippen LogP contribution in [0.3, 0.4) is 0 Å². The molecule has 0 spiro atoms. The molecule has 65 heavy (non-hydrogen) atoms. The zero-order chi connectivity index (χ0) is 48.8. The van der Waals surface area contributed by atoms with Crippen LogP contribution in [0.15, 0.2) is 35.4 Å². The van der Waals surface area contributed by atoms with Crippen LogP contribution in [0.25, 0.3) is 10.4 Å². The van der Waals surface area contributed by atoms with Crippen molar-refractivity contribution in [2.24, 2.45) is 34.7 Å². The third-order valence-electron chi connectivity index (χ3n) is 12.7. The monoisotopic (exact) mass is 916 g/mol. The van der Waals surface area contributed by atoms with Gasteiger partial charge in [0, 0.05) is 65.1 Å². The predicted molar refractivity (Wildman–Crippen MR) is 245 cm³/mol. The molecule has 1 aromatic carbocycles. The molecule has 0 saturated carbocycles. The lowest BCUT2D eigenvalue weighted by Crippen LogP contribution is -2.55. The Morgan fingerprint density at radius 3 is 2.12 bits per heavy atom. The van der Waals surface area contributed by atoms with Gasteiger partial charge >= 0.3 is 5.97 Å². The van der Waals surface area contributed by atoms with Crippen molar-refractivity contribution in [1.29, 1.82) is 0 Å². The molecular weight excluding hydrogens is 839 g/mol. The lowest BCUT2D eigenvalue weighted by Gasteiger charge is -2.41. The van der Waals surface area contributed by atoms with Gasteiger partial charge in [-0.2, -0.15) is 0 Å². The fraction of sp³-hybridized carbons (Fsp3) is 0.745. The first-order valence-corrected chi connectivity index (χ1v) is 22.9. The maximum atomic E-state index is 14.6. The minimum Gasteiger partial charge on any atom is -0.467 e. The number of azide groups is 1. The second-order valence-corrected chi connectivity index (χ2v) is 17.7. The van der Waals surface area contributed by atoms with Crippen molar-refractivity contribution in [3.63, 3.8) is 0 Å². The van der Waals surface area contributed by atoms with Crippen LogP contribution in [0, 0.1) is 29.6 Å². The summed E-state index contributed by atoms with van der Waals surface area (Å²) in [7, 11) is 7.57. The molecule has 1 aliphatic rings. The van der Waals surface area contributed by atoms with Gasteiger partial charge in [-0.05, 0) is 41.7 Å². The van der Waals surface area contributed by atoms with Crippen LogP contribution in [-0.2, 0) is 58.9 Å². The highest BCUT2D eigenvalue weighted by atomic mass is 16.5. The number of likely N-dealkylation sites (N-methyl/N-ethyl adjacent to an activating group) is 2. The first-order valence-electron chi connectivity index (χ1n) is 22.9. The molecule has 0 bridgehead atoms. The molecule has 1 N–H and O–H groups in total. The number of esters is 1. The molecule has 8 unspecified atom stereocenters. The van der Waals surface area contributed by atoms with Crippen LogP contribution in [-0.4, -0.2) is 161 Å². The molecule has 0 aromatic heterocycles. The van der Waals surface area contributed by atoms with Gasteiger partial charge in [0.2, 0.25) is 23.6 Å². The number of nitrogens with zero attached hydrogens (tertiary/aromatic N) is 6. The number of carbonyl (C=O) groups excluding carboxylic acids is 6. The Morgan fingerprint density at radius 2 is 1.55 bits per heavy atom. The standard InChI is InChI=1S/C47H77N7O11/c1-13-32(6)43(53(9)46(59)35(30(2)3)27-38(55)42(31(4)5)52(8)41(57)29-65-25-24-64-23-21-49-51-48)39(61-10)28-40(56)54-22-17-20-37(54)44(62-11)33(7)45(58)50-36(47(60)63-12)26-34-18-15-14-16-19-34/h14-16,18-19,30-33,35-37,39,42-44H,13,17,20-29H2,1-12H3,(H,50,58)/t32?,33?,35?,36?,37-,39?,42?,43?,44?/m1/s1. The number of methoxy groups -OCH3 is 3. The number of nitrogens with one attached hydrogen (secondary N) is 1. The highest BCUT2D eigenvalue weighted by Crippen LogP contribution is 2.31. The number of carbonyl (C=O) groups is 6. The molecular formula is C47H77N7O11. The molecule has 2 rings (SSSR count). The maximum Gasteiger partial charge on any atom is 0.328 e. The number of amides is 4. The SMILES string of the molecule is CCC(C)C(C(CC(=O)N1CCC[C@@H]1C(OC)C(C)C(=O)NC(Cc1ccccc1)C(=O)OC)OC)N(C)C(=O)C(CC(=O)C(C(C)C)N(C)C(=O)COCCOCCN=[N+]=[N-])C(C)C. The number of benzene rings is 1. The number of ketones is 1. The van der Waals surface area contributed by atoms with Gasteiger partial charge in [0.05, 0.1) is 69.6 Å². The fourth-order valence-corrected chi connectivity index (χ4v) is 8.82. The van der Waals surface area contributed by atoms with E-state index in [4.69, 9.17) is 29.2 Å². The third kappa shape index (κ3) is 17.0. The highest BCUT2D eigenvalue weighted by molar-refractivity contribution is 5.93. The van der Waals surface area contributed by atoms with Gasteiger partial charge in [0.25, 0.3) is 0 Å². The van der Waals surface area contributed by atoms with E-state index in [1.807, 2.05) is 71.9 Å². The highest BCUT2D eigenvalue weighted by Gasteiger charge is 2.44. The Hall–Kier alpha value is -4.61. The van der Waals surface area contributed by atoms with Gasteiger partial charge in [-0.15, -0.1) is 0 Å². The lowest BCUT2D eigenvalue weighted by molar-refractivity contribution is -0.150. The number of ether oxygens (including phenoxy) is 5. The first kappa shape index (κ1) is 56.5. The number of Topliss-reactive ketones (excluding diaryl/α,β-unsaturated/α-hetero) is 1. The Morgan fingerprint density at radius 1 is 0.892 bits per heavy atom. The summed E-state index contributed by atoms with van der Waals surface area (Å²) in [6.45, 7) is 14.2. The molecule has 1 aromatic rings. The van der Waals surface area contributed by atoms with Crippen molar-refractivity contribution in [2.45, 2.75) is 123 Å². The summed E-state index contributed by atoms with van der Waals surface area (Å²) in [5.74, 6) is -4.12. The molecule has 366 valence electrons.